The predicted octanol–water partition coefficient (Wildman–Crippen LogP) is 5.01. The lowest BCUT2D eigenvalue weighted by Crippen LogP contribution is -2.25. The van der Waals surface area contributed by atoms with Crippen molar-refractivity contribution in [1.82, 2.24) is 0 Å². The van der Waals surface area contributed by atoms with Crippen molar-refractivity contribution in [3.8, 4) is 5.75 Å². The Morgan fingerprint density at radius 2 is 1.89 bits per heavy atom. The summed E-state index contributed by atoms with van der Waals surface area (Å²) in [5.74, 6) is 0.541. The summed E-state index contributed by atoms with van der Waals surface area (Å²) in [6.07, 6.45) is 4.83. The molecule has 0 radical (unpaired) electrons. The fraction of sp³-hybridized carbons (Fsp3) is 0.600. The Labute approximate surface area is 124 Å². The van der Waals surface area contributed by atoms with E-state index in [9.17, 15) is 5.11 Å². The number of ether oxygens (including phenoxy) is 1. The second-order valence-electron chi connectivity index (χ2n) is 5.33. The van der Waals surface area contributed by atoms with Gasteiger partial charge in [0.05, 0.1) is 23.3 Å². The van der Waals surface area contributed by atoms with Gasteiger partial charge in [0, 0.05) is 17.0 Å². The molecule has 2 rings (SSSR count). The van der Waals surface area contributed by atoms with Crippen LogP contribution >= 0.6 is 23.2 Å². The van der Waals surface area contributed by atoms with E-state index in [0.717, 1.165) is 24.8 Å². The van der Waals surface area contributed by atoms with Crippen LogP contribution < -0.4 is 4.74 Å². The zero-order chi connectivity index (χ0) is 14.0. The third kappa shape index (κ3) is 2.72. The Morgan fingerprint density at radius 3 is 2.42 bits per heavy atom. The number of hydrogen-bond acceptors (Lipinski definition) is 2. The van der Waals surface area contributed by atoms with Crippen molar-refractivity contribution >= 4 is 23.2 Å². The standard InChI is InChI=1S/C15H20Cl2O2/c1-3-15(6-4-5-7-15)14(18)10-8-12(17)13(19-2)9-11(10)16/h8-9,14,18H,3-7H2,1-2H3. The van der Waals surface area contributed by atoms with Gasteiger partial charge in [0.15, 0.2) is 0 Å². The molecular formula is C15H20Cl2O2. The lowest BCUT2D eigenvalue weighted by molar-refractivity contribution is 0.0238. The van der Waals surface area contributed by atoms with E-state index in [1.54, 1.807) is 19.2 Å². The average molecular weight is 303 g/mol. The molecular weight excluding hydrogens is 283 g/mol. The summed E-state index contributed by atoms with van der Waals surface area (Å²) in [5.41, 5.74) is 0.665. The molecule has 0 aromatic heterocycles. The van der Waals surface area contributed by atoms with Crippen LogP contribution in [0.3, 0.4) is 0 Å². The van der Waals surface area contributed by atoms with Crippen LogP contribution in [0.4, 0.5) is 0 Å². The van der Waals surface area contributed by atoms with Crippen molar-refractivity contribution in [3.05, 3.63) is 27.7 Å². The molecule has 0 saturated heterocycles. The number of aliphatic hydroxyl groups excluding tert-OH is 1. The Balaban J connectivity index is 2.38. The molecule has 1 aliphatic carbocycles. The maximum Gasteiger partial charge on any atom is 0.138 e. The summed E-state index contributed by atoms with van der Waals surface area (Å²) in [5, 5.41) is 11.8. The SMILES string of the molecule is CCC1(C(O)c2cc(Cl)c(OC)cc2Cl)CCCC1. The van der Waals surface area contributed by atoms with Crippen molar-refractivity contribution in [2.45, 2.75) is 45.1 Å². The Morgan fingerprint density at radius 1 is 1.26 bits per heavy atom. The Hall–Kier alpha value is -0.440. The van der Waals surface area contributed by atoms with Crippen molar-refractivity contribution in [2.24, 2.45) is 5.41 Å². The molecule has 106 valence electrons. The molecule has 1 aromatic rings. The molecule has 1 saturated carbocycles. The monoisotopic (exact) mass is 302 g/mol. The molecule has 1 aliphatic rings. The summed E-state index contributed by atoms with van der Waals surface area (Å²) >= 11 is 12.4. The summed E-state index contributed by atoms with van der Waals surface area (Å²) in [7, 11) is 1.55. The van der Waals surface area contributed by atoms with Crippen molar-refractivity contribution in [1.29, 1.82) is 0 Å². The topological polar surface area (TPSA) is 29.5 Å². The number of methoxy groups -OCH3 is 1. The molecule has 4 heteroatoms. The van der Waals surface area contributed by atoms with Crippen LogP contribution in [0.25, 0.3) is 0 Å². The fourth-order valence-corrected chi connectivity index (χ4v) is 3.65. The van der Waals surface area contributed by atoms with Crippen LogP contribution in [0.5, 0.6) is 5.75 Å². The first-order chi connectivity index (χ1) is 9.04. The van der Waals surface area contributed by atoms with Crippen molar-refractivity contribution < 1.29 is 9.84 Å². The molecule has 1 fully saturated rings. The third-order valence-electron chi connectivity index (χ3n) is 4.45. The Bertz CT molecular complexity index is 454. The van der Waals surface area contributed by atoms with E-state index in [2.05, 4.69) is 6.92 Å². The van der Waals surface area contributed by atoms with Crippen LogP contribution in [0, 0.1) is 5.41 Å². The number of aliphatic hydroxyl groups is 1. The van der Waals surface area contributed by atoms with E-state index in [1.165, 1.54) is 12.8 Å². The maximum atomic E-state index is 10.8. The smallest absolute Gasteiger partial charge is 0.138 e. The second kappa shape index (κ2) is 5.90. The summed E-state index contributed by atoms with van der Waals surface area (Å²) in [6, 6.07) is 3.42. The highest BCUT2D eigenvalue weighted by Crippen LogP contribution is 2.51. The zero-order valence-electron chi connectivity index (χ0n) is 11.4. The number of benzene rings is 1. The van der Waals surface area contributed by atoms with Gasteiger partial charge in [-0.15, -0.1) is 0 Å². The van der Waals surface area contributed by atoms with Gasteiger partial charge in [-0.05, 0) is 25.3 Å². The third-order valence-corrected chi connectivity index (χ3v) is 5.07. The molecule has 2 nitrogen and oxygen atoms in total. The minimum atomic E-state index is -0.559. The van der Waals surface area contributed by atoms with E-state index < -0.39 is 6.10 Å². The first kappa shape index (κ1) is 15.0. The normalized spacial score (nSPS) is 19.4. The highest BCUT2D eigenvalue weighted by Gasteiger charge is 2.40. The molecule has 19 heavy (non-hydrogen) atoms. The van der Waals surface area contributed by atoms with Crippen molar-refractivity contribution in [2.75, 3.05) is 7.11 Å². The molecule has 0 spiro atoms. The lowest BCUT2D eigenvalue weighted by atomic mass is 9.75. The van der Waals surface area contributed by atoms with Crippen molar-refractivity contribution in [3.63, 3.8) is 0 Å². The van der Waals surface area contributed by atoms with E-state index in [4.69, 9.17) is 27.9 Å². The van der Waals surface area contributed by atoms with E-state index in [0.29, 0.717) is 15.8 Å². The first-order valence-electron chi connectivity index (χ1n) is 6.75. The van der Waals surface area contributed by atoms with E-state index in [1.807, 2.05) is 0 Å². The van der Waals surface area contributed by atoms with Gasteiger partial charge in [-0.1, -0.05) is 43.0 Å². The van der Waals surface area contributed by atoms with Gasteiger partial charge in [0.1, 0.15) is 5.75 Å². The van der Waals surface area contributed by atoms with Gasteiger partial charge in [-0.2, -0.15) is 0 Å². The van der Waals surface area contributed by atoms with Gasteiger partial charge >= 0.3 is 0 Å². The minimum Gasteiger partial charge on any atom is -0.495 e. The molecule has 0 aliphatic heterocycles. The Kier molecular flexibility index (Phi) is 4.65. The summed E-state index contributed by atoms with van der Waals surface area (Å²) in [4.78, 5) is 0. The molecule has 1 atom stereocenters. The van der Waals surface area contributed by atoms with Crippen LogP contribution in [-0.2, 0) is 0 Å². The molecule has 0 amide bonds. The summed E-state index contributed by atoms with van der Waals surface area (Å²) in [6.45, 7) is 2.13. The van der Waals surface area contributed by atoms with E-state index >= 15 is 0 Å². The number of hydrogen-bond donors (Lipinski definition) is 1. The van der Waals surface area contributed by atoms with Crippen LogP contribution in [0.1, 0.15) is 50.7 Å². The fourth-order valence-electron chi connectivity index (χ4n) is 3.14. The van der Waals surface area contributed by atoms with E-state index in [-0.39, 0.29) is 5.41 Å². The average Bonchev–Trinajstić information content (AvgIpc) is 2.90. The molecule has 1 N–H and O–H groups in total. The van der Waals surface area contributed by atoms with Gasteiger partial charge in [-0.25, -0.2) is 0 Å². The second-order valence-corrected chi connectivity index (χ2v) is 6.15. The molecule has 0 heterocycles. The lowest BCUT2D eigenvalue weighted by Gasteiger charge is -2.34. The summed E-state index contributed by atoms with van der Waals surface area (Å²) < 4.78 is 5.14. The zero-order valence-corrected chi connectivity index (χ0v) is 12.9. The molecule has 0 bridgehead atoms. The first-order valence-corrected chi connectivity index (χ1v) is 7.50. The van der Waals surface area contributed by atoms with Crippen LogP contribution in [0.2, 0.25) is 10.0 Å². The number of halogens is 2. The van der Waals surface area contributed by atoms with Crippen LogP contribution in [0.15, 0.2) is 12.1 Å². The highest BCUT2D eigenvalue weighted by atomic mass is 35.5. The number of rotatable bonds is 4. The molecule has 1 unspecified atom stereocenters. The van der Waals surface area contributed by atoms with Gasteiger partial charge in [-0.3, -0.25) is 0 Å². The quantitative estimate of drug-likeness (QED) is 0.847. The largest absolute Gasteiger partial charge is 0.495 e. The van der Waals surface area contributed by atoms with Gasteiger partial charge < -0.3 is 9.84 Å². The predicted molar refractivity (Wildman–Crippen MR) is 79.2 cm³/mol. The van der Waals surface area contributed by atoms with Gasteiger partial charge in [0.2, 0.25) is 0 Å². The minimum absolute atomic E-state index is 0.0540. The van der Waals surface area contributed by atoms with Gasteiger partial charge in [0.25, 0.3) is 0 Å². The highest BCUT2D eigenvalue weighted by molar-refractivity contribution is 6.34. The maximum absolute atomic E-state index is 10.8. The molecule has 1 aromatic carbocycles. The van der Waals surface area contributed by atoms with Crippen LogP contribution in [-0.4, -0.2) is 12.2 Å².